The van der Waals surface area contributed by atoms with Crippen LogP contribution in [-0.2, 0) is 6.42 Å². The van der Waals surface area contributed by atoms with Crippen molar-refractivity contribution in [3.05, 3.63) is 64.4 Å². The summed E-state index contributed by atoms with van der Waals surface area (Å²) in [5.41, 5.74) is 1.42. The molecule has 5 heteroatoms. The van der Waals surface area contributed by atoms with Gasteiger partial charge in [-0.2, -0.15) is 0 Å². The minimum Gasteiger partial charge on any atom is -0.308 e. The Morgan fingerprint density at radius 1 is 1.24 bits per heavy atom. The van der Waals surface area contributed by atoms with Crippen LogP contribution in [0, 0.1) is 11.6 Å². The fourth-order valence-electron chi connectivity index (χ4n) is 2.14. The molecule has 1 heterocycles. The van der Waals surface area contributed by atoms with E-state index in [0.29, 0.717) is 17.0 Å². The maximum absolute atomic E-state index is 13.3. The number of benzene rings is 1. The monoisotopic (exact) mass is 310 g/mol. The van der Waals surface area contributed by atoms with Gasteiger partial charge in [0, 0.05) is 6.20 Å². The highest BCUT2D eigenvalue weighted by molar-refractivity contribution is 6.31. The van der Waals surface area contributed by atoms with E-state index >= 15 is 0 Å². The maximum Gasteiger partial charge on any atom is 0.159 e. The van der Waals surface area contributed by atoms with Crippen LogP contribution in [0.25, 0.3) is 0 Å². The van der Waals surface area contributed by atoms with Crippen molar-refractivity contribution in [3.63, 3.8) is 0 Å². The number of halogens is 3. The largest absolute Gasteiger partial charge is 0.308 e. The third-order valence-electron chi connectivity index (χ3n) is 3.18. The number of aromatic nitrogens is 1. The predicted octanol–water partition coefficient (Wildman–Crippen LogP) is 4.30. The van der Waals surface area contributed by atoms with E-state index < -0.39 is 11.6 Å². The molecule has 1 aromatic heterocycles. The molecule has 0 spiro atoms. The minimum atomic E-state index is -0.840. The van der Waals surface area contributed by atoms with Crippen LogP contribution >= 0.6 is 11.6 Å². The average molecular weight is 311 g/mol. The summed E-state index contributed by atoms with van der Waals surface area (Å²) in [7, 11) is 0. The number of nitrogens with zero attached hydrogens (tertiary/aromatic N) is 1. The molecule has 0 fully saturated rings. The van der Waals surface area contributed by atoms with E-state index in [1.54, 1.807) is 24.4 Å². The lowest BCUT2D eigenvalue weighted by Crippen LogP contribution is -2.25. The second kappa shape index (κ2) is 7.48. The summed E-state index contributed by atoms with van der Waals surface area (Å²) >= 11 is 6.18. The van der Waals surface area contributed by atoms with Crippen molar-refractivity contribution in [1.82, 2.24) is 10.3 Å². The highest BCUT2D eigenvalue weighted by Crippen LogP contribution is 2.24. The minimum absolute atomic E-state index is 0.136. The Hall–Kier alpha value is -1.52. The Balaban J connectivity index is 2.24. The zero-order valence-corrected chi connectivity index (χ0v) is 12.5. The highest BCUT2D eigenvalue weighted by Gasteiger charge is 2.17. The maximum atomic E-state index is 13.3. The summed E-state index contributed by atoms with van der Waals surface area (Å²) in [6, 6.07) is 7.34. The van der Waals surface area contributed by atoms with E-state index in [1.165, 1.54) is 6.07 Å². The molecule has 0 bridgehead atoms. The van der Waals surface area contributed by atoms with Crippen molar-refractivity contribution in [2.24, 2.45) is 0 Å². The van der Waals surface area contributed by atoms with Gasteiger partial charge in [-0.3, -0.25) is 4.98 Å². The summed E-state index contributed by atoms with van der Waals surface area (Å²) in [5, 5.41) is 3.91. The van der Waals surface area contributed by atoms with E-state index in [-0.39, 0.29) is 6.04 Å². The molecule has 0 saturated carbocycles. The average Bonchev–Trinajstić information content (AvgIpc) is 2.48. The van der Waals surface area contributed by atoms with Gasteiger partial charge in [-0.1, -0.05) is 24.6 Å². The molecule has 21 heavy (non-hydrogen) atoms. The molecular weight excluding hydrogens is 294 g/mol. The highest BCUT2D eigenvalue weighted by atomic mass is 35.5. The Labute approximate surface area is 128 Å². The lowest BCUT2D eigenvalue weighted by atomic mass is 10.0. The standard InChI is InChI=1S/C16H17ClF2N2/c1-2-7-20-15(16-12(17)4-3-8-21-16)10-11-5-6-13(18)14(19)9-11/h3-6,8-9,15,20H,2,7,10H2,1H3. The summed E-state index contributed by atoms with van der Waals surface area (Å²) in [6.45, 7) is 2.85. The number of nitrogens with one attached hydrogen (secondary N) is 1. The van der Waals surface area contributed by atoms with Gasteiger partial charge in [0.05, 0.1) is 16.8 Å². The van der Waals surface area contributed by atoms with E-state index in [9.17, 15) is 8.78 Å². The summed E-state index contributed by atoms with van der Waals surface area (Å²) in [6.07, 6.45) is 3.12. The molecule has 1 aromatic carbocycles. The van der Waals surface area contributed by atoms with Crippen molar-refractivity contribution in [2.75, 3.05) is 6.54 Å². The van der Waals surface area contributed by atoms with Gasteiger partial charge in [0.25, 0.3) is 0 Å². The van der Waals surface area contributed by atoms with Gasteiger partial charge in [0.2, 0.25) is 0 Å². The Kier molecular flexibility index (Phi) is 5.65. The van der Waals surface area contributed by atoms with Crippen molar-refractivity contribution in [3.8, 4) is 0 Å². The molecule has 1 atom stereocenters. The zero-order chi connectivity index (χ0) is 15.2. The van der Waals surface area contributed by atoms with Gasteiger partial charge in [-0.05, 0) is 49.2 Å². The van der Waals surface area contributed by atoms with Crippen LogP contribution in [0.1, 0.15) is 30.6 Å². The SMILES string of the molecule is CCCNC(Cc1ccc(F)c(F)c1)c1ncccc1Cl. The predicted molar refractivity (Wildman–Crippen MR) is 80.3 cm³/mol. The molecule has 112 valence electrons. The second-order valence-corrected chi connectivity index (χ2v) is 5.24. The Bertz CT molecular complexity index is 605. The zero-order valence-electron chi connectivity index (χ0n) is 11.7. The van der Waals surface area contributed by atoms with Crippen molar-refractivity contribution < 1.29 is 8.78 Å². The van der Waals surface area contributed by atoms with Gasteiger partial charge < -0.3 is 5.32 Å². The summed E-state index contributed by atoms with van der Waals surface area (Å²) in [4.78, 5) is 4.31. The number of rotatable bonds is 6. The first-order chi connectivity index (χ1) is 10.1. The van der Waals surface area contributed by atoms with Crippen LogP contribution in [-0.4, -0.2) is 11.5 Å². The first-order valence-corrected chi connectivity index (χ1v) is 7.27. The van der Waals surface area contributed by atoms with Gasteiger partial charge in [-0.25, -0.2) is 8.78 Å². The van der Waals surface area contributed by atoms with Crippen molar-refractivity contribution in [1.29, 1.82) is 0 Å². The molecule has 1 N–H and O–H groups in total. The normalized spacial score (nSPS) is 12.4. The summed E-state index contributed by atoms with van der Waals surface area (Å²) in [5.74, 6) is -1.68. The van der Waals surface area contributed by atoms with E-state index in [1.807, 2.05) is 0 Å². The van der Waals surface area contributed by atoms with Crippen molar-refractivity contribution in [2.45, 2.75) is 25.8 Å². The van der Waals surface area contributed by atoms with E-state index in [4.69, 9.17) is 11.6 Å². The molecule has 0 aliphatic carbocycles. The van der Waals surface area contributed by atoms with Crippen LogP contribution in [0.3, 0.4) is 0 Å². The Morgan fingerprint density at radius 3 is 2.71 bits per heavy atom. The molecule has 0 aliphatic heterocycles. The van der Waals surface area contributed by atoms with Crippen LogP contribution < -0.4 is 5.32 Å². The first kappa shape index (κ1) is 15.9. The molecule has 0 radical (unpaired) electrons. The van der Waals surface area contributed by atoms with Crippen LogP contribution in [0.2, 0.25) is 5.02 Å². The Morgan fingerprint density at radius 2 is 2.05 bits per heavy atom. The van der Waals surface area contributed by atoms with Gasteiger partial charge >= 0.3 is 0 Å². The number of pyridine rings is 1. The molecule has 2 rings (SSSR count). The van der Waals surface area contributed by atoms with Gasteiger partial charge in [-0.15, -0.1) is 0 Å². The second-order valence-electron chi connectivity index (χ2n) is 4.83. The smallest absolute Gasteiger partial charge is 0.159 e. The third kappa shape index (κ3) is 4.22. The van der Waals surface area contributed by atoms with E-state index in [2.05, 4.69) is 17.2 Å². The fourth-order valence-corrected chi connectivity index (χ4v) is 2.39. The molecule has 2 nitrogen and oxygen atoms in total. The molecule has 1 unspecified atom stereocenters. The van der Waals surface area contributed by atoms with Crippen LogP contribution in [0.5, 0.6) is 0 Å². The lowest BCUT2D eigenvalue weighted by molar-refractivity contribution is 0.497. The molecule has 0 saturated heterocycles. The number of hydrogen-bond donors (Lipinski definition) is 1. The molecular formula is C16H17ClF2N2. The topological polar surface area (TPSA) is 24.9 Å². The van der Waals surface area contributed by atoms with Crippen LogP contribution in [0.4, 0.5) is 8.78 Å². The quantitative estimate of drug-likeness (QED) is 0.860. The fraction of sp³-hybridized carbons (Fsp3) is 0.312. The lowest BCUT2D eigenvalue weighted by Gasteiger charge is -2.19. The van der Waals surface area contributed by atoms with Gasteiger partial charge in [0.1, 0.15) is 0 Å². The van der Waals surface area contributed by atoms with E-state index in [0.717, 1.165) is 24.7 Å². The van der Waals surface area contributed by atoms with Gasteiger partial charge in [0.15, 0.2) is 11.6 Å². The van der Waals surface area contributed by atoms with Crippen LogP contribution in [0.15, 0.2) is 36.5 Å². The third-order valence-corrected chi connectivity index (χ3v) is 3.50. The molecule has 0 amide bonds. The molecule has 0 aliphatic rings. The van der Waals surface area contributed by atoms with Crippen molar-refractivity contribution >= 4 is 11.6 Å². The first-order valence-electron chi connectivity index (χ1n) is 6.89. The molecule has 2 aromatic rings. The number of hydrogen-bond acceptors (Lipinski definition) is 2. The summed E-state index contributed by atoms with van der Waals surface area (Å²) < 4.78 is 26.3.